The lowest BCUT2D eigenvalue weighted by atomic mass is 10.2. The van der Waals surface area contributed by atoms with E-state index in [4.69, 9.17) is 35.4 Å². The summed E-state index contributed by atoms with van der Waals surface area (Å²) < 4.78 is 0.664. The molecule has 1 amide bonds. The Morgan fingerprint density at radius 2 is 2.10 bits per heavy atom. The Bertz CT molecular complexity index is 722. The van der Waals surface area contributed by atoms with Crippen LogP contribution >= 0.6 is 46.8 Å². The van der Waals surface area contributed by atoms with E-state index >= 15 is 0 Å². The molecule has 3 nitrogen and oxygen atoms in total. The van der Waals surface area contributed by atoms with Crippen molar-refractivity contribution in [3.05, 3.63) is 42.3 Å². The third-order valence-corrected chi connectivity index (χ3v) is 4.93. The molecule has 0 spiro atoms. The molecule has 0 radical (unpaired) electrons. The number of aromatic amines is 1. The fraction of sp³-hybridized carbons (Fsp3) is 0.231. The number of hydrogen-bond acceptors (Lipinski definition) is 3. The van der Waals surface area contributed by atoms with Gasteiger partial charge >= 0.3 is 0 Å². The zero-order chi connectivity index (χ0) is 14.9. The fourth-order valence-corrected chi connectivity index (χ4v) is 3.46. The Kier molecular flexibility index (Phi) is 4.86. The number of H-pyrrole nitrogens is 1. The van der Waals surface area contributed by atoms with Gasteiger partial charge in [-0.1, -0.05) is 29.3 Å². The summed E-state index contributed by atoms with van der Waals surface area (Å²) in [5.74, 6) is -0.173. The molecule has 7 heteroatoms. The molecular weight excluding hydrogens is 335 g/mol. The molecule has 0 bridgehead atoms. The van der Waals surface area contributed by atoms with E-state index in [0.717, 1.165) is 16.1 Å². The van der Waals surface area contributed by atoms with Crippen LogP contribution in [0.4, 0.5) is 5.69 Å². The maximum Gasteiger partial charge on any atom is 0.229 e. The molecule has 0 aliphatic carbocycles. The van der Waals surface area contributed by atoms with Gasteiger partial charge in [0.1, 0.15) is 0 Å². The third-order valence-electron chi connectivity index (χ3n) is 2.79. The van der Waals surface area contributed by atoms with Gasteiger partial charge in [-0.2, -0.15) is 0 Å². The Hall–Kier alpha value is -0.880. The first-order valence-electron chi connectivity index (χ1n) is 5.81. The van der Waals surface area contributed by atoms with E-state index in [1.165, 1.54) is 11.3 Å². The summed E-state index contributed by atoms with van der Waals surface area (Å²) in [5, 5.41) is 3.65. The quantitative estimate of drug-likeness (QED) is 0.775. The number of aromatic nitrogens is 1. The van der Waals surface area contributed by atoms with Crippen LogP contribution in [0.25, 0.3) is 0 Å². The van der Waals surface area contributed by atoms with Crippen molar-refractivity contribution in [3.63, 3.8) is 0 Å². The predicted molar refractivity (Wildman–Crippen MR) is 87.8 cm³/mol. The molecule has 20 heavy (non-hydrogen) atoms. The molecule has 2 rings (SSSR count). The molecule has 0 unspecified atom stereocenters. The van der Waals surface area contributed by atoms with Crippen LogP contribution in [0.3, 0.4) is 0 Å². The van der Waals surface area contributed by atoms with E-state index in [0.29, 0.717) is 19.7 Å². The molecule has 0 saturated heterocycles. The molecular formula is C13H12Cl2N2OS2. The maximum atomic E-state index is 12.1. The van der Waals surface area contributed by atoms with Crippen molar-refractivity contribution in [2.45, 2.75) is 20.3 Å². The minimum absolute atomic E-state index is 0.173. The van der Waals surface area contributed by atoms with Crippen molar-refractivity contribution in [2.24, 2.45) is 0 Å². The monoisotopic (exact) mass is 346 g/mol. The molecule has 0 fully saturated rings. The second kappa shape index (κ2) is 6.26. The summed E-state index contributed by atoms with van der Waals surface area (Å²) >= 11 is 18.7. The molecule has 1 heterocycles. The van der Waals surface area contributed by atoms with Crippen molar-refractivity contribution >= 4 is 58.4 Å². The number of nitrogens with one attached hydrogen (secondary N) is 2. The Labute approximate surface area is 135 Å². The molecule has 2 aromatic rings. The van der Waals surface area contributed by atoms with Crippen molar-refractivity contribution in [3.8, 4) is 0 Å². The zero-order valence-electron chi connectivity index (χ0n) is 10.8. The number of anilines is 1. The fourth-order valence-electron chi connectivity index (χ4n) is 1.71. The normalized spacial score (nSPS) is 10.6. The Morgan fingerprint density at radius 1 is 1.40 bits per heavy atom. The molecule has 106 valence electrons. The summed E-state index contributed by atoms with van der Waals surface area (Å²) in [7, 11) is 0. The minimum Gasteiger partial charge on any atom is -0.341 e. The zero-order valence-corrected chi connectivity index (χ0v) is 14.0. The van der Waals surface area contributed by atoms with E-state index < -0.39 is 0 Å². The second-order valence-electron chi connectivity index (χ2n) is 4.34. The van der Waals surface area contributed by atoms with E-state index in [1.54, 1.807) is 6.07 Å². The van der Waals surface area contributed by atoms with Gasteiger partial charge < -0.3 is 10.3 Å². The molecule has 0 aliphatic rings. The molecule has 0 aliphatic heterocycles. The van der Waals surface area contributed by atoms with Crippen LogP contribution in [0.2, 0.25) is 10.0 Å². The number of thiazole rings is 1. The van der Waals surface area contributed by atoms with Crippen LogP contribution in [-0.2, 0) is 11.2 Å². The number of halogens is 2. The van der Waals surface area contributed by atoms with Gasteiger partial charge in [-0.25, -0.2) is 0 Å². The highest BCUT2D eigenvalue weighted by Crippen LogP contribution is 2.33. The summed E-state index contributed by atoms with van der Waals surface area (Å²) in [5.41, 5.74) is 2.23. The summed E-state index contributed by atoms with van der Waals surface area (Å²) in [6.07, 6.45) is 0.240. The van der Waals surface area contributed by atoms with E-state index in [2.05, 4.69) is 10.3 Å². The topological polar surface area (TPSA) is 44.9 Å². The van der Waals surface area contributed by atoms with Crippen LogP contribution in [0.1, 0.15) is 16.1 Å². The molecule has 1 aromatic carbocycles. The smallest absolute Gasteiger partial charge is 0.229 e. The van der Waals surface area contributed by atoms with Gasteiger partial charge in [-0.3, -0.25) is 4.79 Å². The van der Waals surface area contributed by atoms with Crippen molar-refractivity contribution in [2.75, 3.05) is 5.32 Å². The molecule has 2 N–H and O–H groups in total. The van der Waals surface area contributed by atoms with Crippen LogP contribution in [0.5, 0.6) is 0 Å². The number of aryl methyl sites for hydroxylation is 2. The number of benzene rings is 1. The number of carbonyl (C=O) groups excluding carboxylic acids is 1. The van der Waals surface area contributed by atoms with Crippen molar-refractivity contribution in [1.29, 1.82) is 0 Å². The predicted octanol–water partition coefficient (Wildman–Crippen LogP) is 4.91. The first kappa shape index (κ1) is 15.5. The van der Waals surface area contributed by atoms with E-state index in [1.807, 2.05) is 19.9 Å². The van der Waals surface area contributed by atoms with E-state index in [-0.39, 0.29) is 12.3 Å². The van der Waals surface area contributed by atoms with Gasteiger partial charge in [0.15, 0.2) is 3.95 Å². The van der Waals surface area contributed by atoms with Gasteiger partial charge in [0.25, 0.3) is 0 Å². The maximum absolute atomic E-state index is 12.1. The van der Waals surface area contributed by atoms with Gasteiger partial charge in [-0.15, -0.1) is 11.3 Å². The summed E-state index contributed by atoms with van der Waals surface area (Å²) in [4.78, 5) is 16.0. The average Bonchev–Trinajstić information content (AvgIpc) is 2.68. The molecule has 0 atom stereocenters. The van der Waals surface area contributed by atoms with Crippen molar-refractivity contribution < 1.29 is 4.79 Å². The van der Waals surface area contributed by atoms with Crippen LogP contribution < -0.4 is 5.32 Å². The summed E-state index contributed by atoms with van der Waals surface area (Å²) in [6, 6.07) is 3.52. The van der Waals surface area contributed by atoms with Gasteiger partial charge in [-0.05, 0) is 37.7 Å². The standard InChI is InChI=1S/C13H12Cl2N2OS2/c1-6-3-4-8(14)12(11(6)15)17-10(18)5-9-7(2)16-13(19)20-9/h3-4H,5H2,1-2H3,(H,16,19)(H,17,18). The average molecular weight is 347 g/mol. The highest BCUT2D eigenvalue weighted by molar-refractivity contribution is 7.73. The first-order valence-corrected chi connectivity index (χ1v) is 7.79. The first-order chi connectivity index (χ1) is 9.38. The van der Waals surface area contributed by atoms with Crippen LogP contribution in [0.15, 0.2) is 12.1 Å². The highest BCUT2D eigenvalue weighted by atomic mass is 35.5. The molecule has 0 saturated carbocycles. The summed E-state index contributed by atoms with van der Waals surface area (Å²) in [6.45, 7) is 3.75. The second-order valence-corrected chi connectivity index (χ2v) is 6.90. The third kappa shape index (κ3) is 3.41. The van der Waals surface area contributed by atoms with Gasteiger partial charge in [0.2, 0.25) is 5.91 Å². The van der Waals surface area contributed by atoms with Crippen molar-refractivity contribution in [1.82, 2.24) is 4.98 Å². The minimum atomic E-state index is -0.173. The van der Waals surface area contributed by atoms with Gasteiger partial charge in [0, 0.05) is 10.6 Å². The lowest BCUT2D eigenvalue weighted by Gasteiger charge is -2.10. The lowest BCUT2D eigenvalue weighted by Crippen LogP contribution is -2.15. The highest BCUT2D eigenvalue weighted by Gasteiger charge is 2.14. The lowest BCUT2D eigenvalue weighted by molar-refractivity contribution is -0.115. The Balaban J connectivity index is 2.19. The number of rotatable bonds is 3. The molecule has 1 aromatic heterocycles. The number of carbonyl (C=O) groups is 1. The number of amides is 1. The van der Waals surface area contributed by atoms with E-state index in [9.17, 15) is 4.79 Å². The largest absolute Gasteiger partial charge is 0.341 e. The SMILES string of the molecule is Cc1ccc(Cl)c(NC(=O)Cc2sc(=S)[nH]c2C)c1Cl. The van der Waals surface area contributed by atoms with Crippen LogP contribution in [-0.4, -0.2) is 10.9 Å². The number of hydrogen-bond donors (Lipinski definition) is 2. The van der Waals surface area contributed by atoms with Crippen LogP contribution in [0, 0.1) is 17.8 Å². The van der Waals surface area contributed by atoms with Gasteiger partial charge in [0.05, 0.1) is 22.2 Å². The Morgan fingerprint density at radius 3 is 2.70 bits per heavy atom.